The van der Waals surface area contributed by atoms with Gasteiger partial charge in [0.15, 0.2) is 0 Å². The van der Waals surface area contributed by atoms with E-state index in [9.17, 15) is 14.4 Å². The molecule has 1 unspecified atom stereocenters. The lowest BCUT2D eigenvalue weighted by molar-refractivity contribution is -0.131. The van der Waals surface area contributed by atoms with Crippen molar-refractivity contribution in [2.45, 2.75) is 18.9 Å². The molecular weight excluding hydrogens is 250 g/mol. The third-order valence-electron chi connectivity index (χ3n) is 3.48. The maximum atomic E-state index is 11.8. The highest BCUT2D eigenvalue weighted by atomic mass is 16.4. The minimum Gasteiger partial charge on any atom is -0.478 e. The fourth-order valence-corrected chi connectivity index (χ4v) is 2.55. The van der Waals surface area contributed by atoms with Gasteiger partial charge in [0.05, 0.1) is 0 Å². The van der Waals surface area contributed by atoms with Crippen molar-refractivity contribution in [1.82, 2.24) is 15.1 Å². The monoisotopic (exact) mass is 267 g/mol. The minimum absolute atomic E-state index is 0.393. The highest BCUT2D eigenvalue weighted by Crippen LogP contribution is 2.21. The number of carboxylic acid groups (broad SMARTS) is 1. The molecule has 7 nitrogen and oxygen atoms in total. The van der Waals surface area contributed by atoms with Gasteiger partial charge in [0.2, 0.25) is 0 Å². The van der Waals surface area contributed by atoms with Gasteiger partial charge in [-0.15, -0.1) is 0 Å². The normalized spacial score (nSPS) is 23.4. The molecule has 0 aliphatic carbocycles. The molecule has 7 heteroatoms. The van der Waals surface area contributed by atoms with E-state index in [2.05, 4.69) is 10.2 Å². The standard InChI is InChI=1S/C12H17N3O4/c16-10(3-4-11(17)18)13-12(19)15-7-6-14-5-1-2-9(14)8-15/h3-4,9H,1-2,5-8H2,(H,17,18)(H,13,16,19). The molecule has 19 heavy (non-hydrogen) atoms. The van der Waals surface area contributed by atoms with Crippen molar-refractivity contribution in [1.29, 1.82) is 0 Å². The quantitative estimate of drug-likeness (QED) is 0.667. The predicted molar refractivity (Wildman–Crippen MR) is 66.5 cm³/mol. The van der Waals surface area contributed by atoms with Crippen LogP contribution in [0.2, 0.25) is 0 Å². The summed E-state index contributed by atoms with van der Waals surface area (Å²) in [5, 5.41) is 10.5. The number of carbonyl (C=O) groups is 3. The van der Waals surface area contributed by atoms with Gasteiger partial charge in [0.25, 0.3) is 5.91 Å². The van der Waals surface area contributed by atoms with Crippen molar-refractivity contribution in [3.8, 4) is 0 Å². The number of aliphatic carboxylic acids is 1. The number of carboxylic acids is 1. The summed E-state index contributed by atoms with van der Waals surface area (Å²) in [4.78, 5) is 37.4. The zero-order valence-corrected chi connectivity index (χ0v) is 10.5. The van der Waals surface area contributed by atoms with Crippen LogP contribution in [-0.4, -0.2) is 65.0 Å². The van der Waals surface area contributed by atoms with E-state index >= 15 is 0 Å². The van der Waals surface area contributed by atoms with Crippen molar-refractivity contribution in [2.75, 3.05) is 26.2 Å². The van der Waals surface area contributed by atoms with E-state index in [0.717, 1.165) is 32.0 Å². The Bertz CT molecular complexity index is 421. The molecule has 3 amide bonds. The van der Waals surface area contributed by atoms with Crippen LogP contribution in [0, 0.1) is 0 Å². The van der Waals surface area contributed by atoms with Crippen LogP contribution in [0.5, 0.6) is 0 Å². The molecule has 2 rings (SSSR count). The second-order valence-electron chi connectivity index (χ2n) is 4.74. The lowest BCUT2D eigenvalue weighted by Crippen LogP contribution is -2.55. The number of carbonyl (C=O) groups excluding carboxylic acids is 2. The van der Waals surface area contributed by atoms with Crippen molar-refractivity contribution < 1.29 is 19.5 Å². The number of rotatable bonds is 2. The number of amides is 3. The Labute approximate surface area is 110 Å². The minimum atomic E-state index is -1.22. The lowest BCUT2D eigenvalue weighted by Gasteiger charge is -2.37. The van der Waals surface area contributed by atoms with Gasteiger partial charge in [-0.3, -0.25) is 15.0 Å². The smallest absolute Gasteiger partial charge is 0.328 e. The number of urea groups is 1. The number of piperazine rings is 1. The zero-order chi connectivity index (χ0) is 13.8. The fourth-order valence-electron chi connectivity index (χ4n) is 2.55. The summed E-state index contributed by atoms with van der Waals surface area (Å²) < 4.78 is 0. The summed E-state index contributed by atoms with van der Waals surface area (Å²) >= 11 is 0. The van der Waals surface area contributed by atoms with E-state index in [-0.39, 0.29) is 0 Å². The Morgan fingerprint density at radius 3 is 2.68 bits per heavy atom. The molecule has 0 bridgehead atoms. The van der Waals surface area contributed by atoms with Crippen LogP contribution in [0.25, 0.3) is 0 Å². The molecule has 104 valence electrons. The van der Waals surface area contributed by atoms with Gasteiger partial charge in [0.1, 0.15) is 0 Å². The van der Waals surface area contributed by atoms with Gasteiger partial charge in [-0.25, -0.2) is 9.59 Å². The van der Waals surface area contributed by atoms with Crippen LogP contribution in [0.4, 0.5) is 4.79 Å². The third kappa shape index (κ3) is 3.54. The molecule has 2 saturated heterocycles. The first kappa shape index (κ1) is 13.5. The average Bonchev–Trinajstić information content (AvgIpc) is 2.83. The summed E-state index contributed by atoms with van der Waals surface area (Å²) in [6.07, 6.45) is 3.78. The van der Waals surface area contributed by atoms with Crippen LogP contribution in [0.15, 0.2) is 12.2 Å². The van der Waals surface area contributed by atoms with Crippen LogP contribution >= 0.6 is 0 Å². The van der Waals surface area contributed by atoms with Gasteiger partial charge < -0.3 is 10.0 Å². The summed E-state index contributed by atoms with van der Waals surface area (Å²) in [7, 11) is 0. The second kappa shape index (κ2) is 5.83. The highest BCUT2D eigenvalue weighted by molar-refractivity contribution is 6.02. The summed E-state index contributed by atoms with van der Waals surface area (Å²) in [5.74, 6) is -1.93. The highest BCUT2D eigenvalue weighted by Gasteiger charge is 2.32. The molecule has 2 fully saturated rings. The lowest BCUT2D eigenvalue weighted by atomic mass is 10.2. The van der Waals surface area contributed by atoms with Gasteiger partial charge >= 0.3 is 12.0 Å². The molecule has 1 atom stereocenters. The van der Waals surface area contributed by atoms with E-state index in [1.54, 1.807) is 4.90 Å². The Morgan fingerprint density at radius 1 is 1.16 bits per heavy atom. The molecule has 2 heterocycles. The summed E-state index contributed by atoms with van der Waals surface area (Å²) in [6.45, 7) is 3.14. The first-order valence-corrected chi connectivity index (χ1v) is 6.31. The van der Waals surface area contributed by atoms with E-state index in [1.165, 1.54) is 0 Å². The first-order valence-electron chi connectivity index (χ1n) is 6.31. The number of hydrogen-bond donors (Lipinski definition) is 2. The first-order chi connectivity index (χ1) is 9.06. The predicted octanol–water partition coefficient (Wildman–Crippen LogP) is -0.357. The SMILES string of the molecule is O=C(O)C=CC(=O)NC(=O)N1CCN2CCCC2C1. The molecule has 0 aromatic carbocycles. The molecule has 0 saturated carbocycles. The Kier molecular flexibility index (Phi) is 4.16. The van der Waals surface area contributed by atoms with Crippen molar-refractivity contribution >= 4 is 17.9 Å². The molecule has 2 N–H and O–H groups in total. The van der Waals surface area contributed by atoms with Crippen LogP contribution in [0.1, 0.15) is 12.8 Å². The van der Waals surface area contributed by atoms with Crippen molar-refractivity contribution in [3.63, 3.8) is 0 Å². The van der Waals surface area contributed by atoms with Gasteiger partial charge in [-0.2, -0.15) is 0 Å². The number of fused-ring (bicyclic) bond motifs is 1. The van der Waals surface area contributed by atoms with Gasteiger partial charge in [-0.05, 0) is 19.4 Å². The van der Waals surface area contributed by atoms with E-state index < -0.39 is 17.9 Å². The molecule has 0 aromatic rings. The molecular formula is C12H17N3O4. The van der Waals surface area contributed by atoms with Gasteiger partial charge in [-0.1, -0.05) is 0 Å². The zero-order valence-electron chi connectivity index (χ0n) is 10.5. The number of nitrogens with zero attached hydrogens (tertiary/aromatic N) is 2. The molecule has 0 aromatic heterocycles. The number of imide groups is 1. The maximum absolute atomic E-state index is 11.8. The molecule has 2 aliphatic heterocycles. The van der Waals surface area contributed by atoms with Crippen LogP contribution < -0.4 is 5.32 Å². The summed E-state index contributed by atoms with van der Waals surface area (Å²) in [5.41, 5.74) is 0. The molecule has 0 spiro atoms. The Hall–Kier alpha value is -1.89. The maximum Gasteiger partial charge on any atom is 0.328 e. The van der Waals surface area contributed by atoms with Gasteiger partial charge in [0, 0.05) is 37.8 Å². The largest absolute Gasteiger partial charge is 0.478 e. The van der Waals surface area contributed by atoms with Crippen LogP contribution in [0.3, 0.4) is 0 Å². The number of hydrogen-bond acceptors (Lipinski definition) is 4. The fraction of sp³-hybridized carbons (Fsp3) is 0.583. The molecule has 0 radical (unpaired) electrons. The van der Waals surface area contributed by atoms with Crippen molar-refractivity contribution in [2.24, 2.45) is 0 Å². The van der Waals surface area contributed by atoms with Crippen LogP contribution in [-0.2, 0) is 9.59 Å². The third-order valence-corrected chi connectivity index (χ3v) is 3.48. The second-order valence-corrected chi connectivity index (χ2v) is 4.74. The Morgan fingerprint density at radius 2 is 1.95 bits per heavy atom. The topological polar surface area (TPSA) is 89.9 Å². The summed E-state index contributed by atoms with van der Waals surface area (Å²) in [6, 6.07) is -0.0595. The van der Waals surface area contributed by atoms with Crippen molar-refractivity contribution in [3.05, 3.63) is 12.2 Å². The van der Waals surface area contributed by atoms with E-state index in [4.69, 9.17) is 5.11 Å². The van der Waals surface area contributed by atoms with E-state index in [0.29, 0.717) is 25.2 Å². The average molecular weight is 267 g/mol. The Balaban J connectivity index is 1.83. The number of nitrogens with one attached hydrogen (secondary N) is 1. The molecule has 2 aliphatic rings. The van der Waals surface area contributed by atoms with E-state index in [1.807, 2.05) is 0 Å².